The van der Waals surface area contributed by atoms with E-state index in [9.17, 15) is 10.1 Å². The van der Waals surface area contributed by atoms with Crippen molar-refractivity contribution in [3.63, 3.8) is 0 Å². The van der Waals surface area contributed by atoms with Gasteiger partial charge in [0.1, 0.15) is 6.07 Å². The summed E-state index contributed by atoms with van der Waals surface area (Å²) in [6, 6.07) is 5.55. The molecule has 3 aromatic heterocycles. The first-order valence-electron chi connectivity index (χ1n) is 9.48. The summed E-state index contributed by atoms with van der Waals surface area (Å²) in [7, 11) is 1.86. The molecule has 1 fully saturated rings. The van der Waals surface area contributed by atoms with E-state index in [1.165, 1.54) is 6.26 Å². The highest BCUT2D eigenvalue weighted by molar-refractivity contribution is 5.93. The first-order valence-corrected chi connectivity index (χ1v) is 9.48. The second-order valence-electron chi connectivity index (χ2n) is 7.18. The molecule has 0 aromatic carbocycles. The van der Waals surface area contributed by atoms with Crippen molar-refractivity contribution in [2.75, 3.05) is 23.3 Å². The van der Waals surface area contributed by atoms with Gasteiger partial charge >= 0.3 is 0 Å². The third-order valence-electron chi connectivity index (χ3n) is 5.36. The van der Waals surface area contributed by atoms with Gasteiger partial charge < -0.3 is 19.1 Å². The fourth-order valence-electron chi connectivity index (χ4n) is 3.63. The van der Waals surface area contributed by atoms with E-state index in [-0.39, 0.29) is 23.4 Å². The molecule has 4 heterocycles. The molecule has 150 valence electrons. The van der Waals surface area contributed by atoms with E-state index in [2.05, 4.69) is 21.5 Å². The number of nitrogens with one attached hydrogen (secondary N) is 1. The number of rotatable bonds is 4. The van der Waals surface area contributed by atoms with E-state index in [1.54, 1.807) is 16.8 Å². The van der Waals surface area contributed by atoms with Crippen LogP contribution in [0.25, 0.3) is 11.7 Å². The molecule has 9 nitrogen and oxygen atoms in total. The summed E-state index contributed by atoms with van der Waals surface area (Å²) in [5.74, 6) is 1.08. The number of anilines is 2. The van der Waals surface area contributed by atoms with Gasteiger partial charge in [-0.25, -0.2) is 0 Å². The average Bonchev–Trinajstić information content (AvgIpc) is 3.44. The third kappa shape index (κ3) is 3.49. The maximum Gasteiger partial charge on any atom is 0.266 e. The van der Waals surface area contributed by atoms with Gasteiger partial charge in [-0.1, -0.05) is 0 Å². The minimum absolute atomic E-state index is 0.00167. The largest absolute Gasteiger partial charge is 0.459 e. The van der Waals surface area contributed by atoms with Crippen LogP contribution in [0.3, 0.4) is 0 Å². The molecule has 9 heteroatoms. The molecule has 0 saturated carbocycles. The van der Waals surface area contributed by atoms with Gasteiger partial charge in [0.25, 0.3) is 5.89 Å². The summed E-state index contributed by atoms with van der Waals surface area (Å²) in [5.41, 5.74) is 2.74. The number of aromatic nitrogens is 3. The number of hydrogen-bond acceptors (Lipinski definition) is 7. The molecule has 0 radical (unpaired) electrons. The summed E-state index contributed by atoms with van der Waals surface area (Å²) in [6.07, 6.45) is 2.85. The molecule has 3 aromatic rings. The van der Waals surface area contributed by atoms with Gasteiger partial charge in [0, 0.05) is 26.1 Å². The van der Waals surface area contributed by atoms with Crippen LogP contribution >= 0.6 is 0 Å². The summed E-state index contributed by atoms with van der Waals surface area (Å²) in [6.45, 7) is 5.02. The lowest BCUT2D eigenvalue weighted by atomic mass is 9.95. The second kappa shape index (κ2) is 7.47. The van der Waals surface area contributed by atoms with Crippen LogP contribution in [0.2, 0.25) is 0 Å². The zero-order chi connectivity index (χ0) is 20.5. The molecular formula is C20H22N6O3. The summed E-state index contributed by atoms with van der Waals surface area (Å²) >= 11 is 0. The van der Waals surface area contributed by atoms with E-state index < -0.39 is 0 Å². The van der Waals surface area contributed by atoms with Crippen molar-refractivity contribution in [2.45, 2.75) is 26.7 Å². The van der Waals surface area contributed by atoms with E-state index in [4.69, 9.17) is 8.83 Å². The monoisotopic (exact) mass is 394 g/mol. The predicted octanol–water partition coefficient (Wildman–Crippen LogP) is 3.01. The van der Waals surface area contributed by atoms with Crippen LogP contribution in [-0.2, 0) is 11.8 Å². The minimum atomic E-state index is -0.108. The number of hydrogen-bond donors (Lipinski definition) is 1. The van der Waals surface area contributed by atoms with Crippen molar-refractivity contribution in [3.05, 3.63) is 35.5 Å². The molecule has 0 atom stereocenters. The Morgan fingerprint density at radius 3 is 2.69 bits per heavy atom. The zero-order valence-electron chi connectivity index (χ0n) is 16.6. The van der Waals surface area contributed by atoms with Gasteiger partial charge in [-0.3, -0.25) is 9.48 Å². The van der Waals surface area contributed by atoms with Crippen molar-refractivity contribution >= 4 is 17.5 Å². The molecule has 1 aliphatic heterocycles. The molecule has 0 unspecified atom stereocenters. The molecule has 1 aliphatic rings. The SMILES string of the molecule is Cc1nn(C)c(C)c1NC(=O)C1CCN(c2oc(-c3ccco3)nc2C#N)CC1. The summed E-state index contributed by atoms with van der Waals surface area (Å²) < 4.78 is 12.9. The van der Waals surface area contributed by atoms with Gasteiger partial charge in [0.2, 0.25) is 17.5 Å². The molecule has 1 N–H and O–H groups in total. The summed E-state index contributed by atoms with van der Waals surface area (Å²) in [4.78, 5) is 18.9. The first kappa shape index (κ1) is 18.8. The normalized spacial score (nSPS) is 14.8. The maximum absolute atomic E-state index is 12.7. The van der Waals surface area contributed by atoms with Gasteiger partial charge in [-0.15, -0.1) is 0 Å². The first-order chi connectivity index (χ1) is 14.0. The maximum atomic E-state index is 12.7. The van der Waals surface area contributed by atoms with Crippen molar-refractivity contribution in [1.29, 1.82) is 5.26 Å². The topological polar surface area (TPSA) is 113 Å². The number of carbonyl (C=O) groups excluding carboxylic acids is 1. The Kier molecular flexibility index (Phi) is 4.84. The van der Waals surface area contributed by atoms with E-state index >= 15 is 0 Å². The van der Waals surface area contributed by atoms with Gasteiger partial charge in [-0.2, -0.15) is 15.3 Å². The van der Waals surface area contributed by atoms with Crippen LogP contribution in [-0.4, -0.2) is 33.8 Å². The van der Waals surface area contributed by atoms with Gasteiger partial charge in [-0.05, 0) is 38.8 Å². The molecule has 1 amide bonds. The Hall–Kier alpha value is -3.54. The number of carbonyl (C=O) groups is 1. The number of nitrogens with zero attached hydrogens (tertiary/aromatic N) is 5. The number of piperidine rings is 1. The van der Waals surface area contributed by atoms with Crippen LogP contribution in [0.15, 0.2) is 27.2 Å². The summed E-state index contributed by atoms with van der Waals surface area (Å²) in [5, 5.41) is 16.8. The van der Waals surface area contributed by atoms with Crippen LogP contribution in [0.5, 0.6) is 0 Å². The zero-order valence-corrected chi connectivity index (χ0v) is 16.6. The predicted molar refractivity (Wildman–Crippen MR) is 105 cm³/mol. The fraction of sp³-hybridized carbons (Fsp3) is 0.400. The lowest BCUT2D eigenvalue weighted by molar-refractivity contribution is -0.120. The molecule has 1 saturated heterocycles. The lowest BCUT2D eigenvalue weighted by Crippen LogP contribution is -2.38. The molecule has 0 bridgehead atoms. The third-order valence-corrected chi connectivity index (χ3v) is 5.36. The van der Waals surface area contributed by atoms with E-state index in [1.807, 2.05) is 25.8 Å². The Morgan fingerprint density at radius 1 is 1.34 bits per heavy atom. The van der Waals surface area contributed by atoms with Crippen molar-refractivity contribution in [2.24, 2.45) is 13.0 Å². The molecule has 0 aliphatic carbocycles. The number of amides is 1. The fourth-order valence-corrected chi connectivity index (χ4v) is 3.63. The molecule has 4 rings (SSSR count). The second-order valence-corrected chi connectivity index (χ2v) is 7.18. The van der Waals surface area contributed by atoms with Crippen molar-refractivity contribution in [1.82, 2.24) is 14.8 Å². The Balaban J connectivity index is 1.43. The standard InChI is InChI=1S/C20H22N6O3/c1-12-17(13(2)25(3)24-12)23-18(27)14-6-8-26(9-7-14)20-15(11-21)22-19(29-20)16-5-4-10-28-16/h4-5,10,14H,6-9H2,1-3H3,(H,23,27). The average molecular weight is 394 g/mol. The highest BCUT2D eigenvalue weighted by atomic mass is 16.4. The molecular weight excluding hydrogens is 372 g/mol. The quantitative estimate of drug-likeness (QED) is 0.723. The lowest BCUT2D eigenvalue weighted by Gasteiger charge is -2.31. The van der Waals surface area contributed by atoms with E-state index in [0.29, 0.717) is 37.6 Å². The smallest absolute Gasteiger partial charge is 0.266 e. The van der Waals surface area contributed by atoms with Crippen molar-refractivity contribution in [3.8, 4) is 17.7 Å². The Morgan fingerprint density at radius 2 is 2.10 bits per heavy atom. The van der Waals surface area contributed by atoms with Crippen LogP contribution in [0.4, 0.5) is 11.6 Å². The number of nitriles is 1. The van der Waals surface area contributed by atoms with E-state index in [0.717, 1.165) is 17.1 Å². The Labute approximate surface area is 167 Å². The van der Waals surface area contributed by atoms with Gasteiger partial charge in [0.05, 0.1) is 23.3 Å². The van der Waals surface area contributed by atoms with Crippen LogP contribution < -0.4 is 10.2 Å². The van der Waals surface area contributed by atoms with Crippen molar-refractivity contribution < 1.29 is 13.6 Å². The Bertz CT molecular complexity index is 1060. The number of oxazole rings is 1. The highest BCUT2D eigenvalue weighted by Crippen LogP contribution is 2.31. The van der Waals surface area contributed by atoms with Crippen LogP contribution in [0.1, 0.15) is 29.9 Å². The number of aryl methyl sites for hydroxylation is 2. The molecule has 29 heavy (non-hydrogen) atoms. The van der Waals surface area contributed by atoms with Crippen LogP contribution in [0, 0.1) is 31.1 Å². The van der Waals surface area contributed by atoms with Gasteiger partial charge in [0.15, 0.2) is 5.76 Å². The number of furan rings is 1. The molecule has 0 spiro atoms. The minimum Gasteiger partial charge on any atom is -0.459 e. The highest BCUT2D eigenvalue weighted by Gasteiger charge is 2.30.